The van der Waals surface area contributed by atoms with Gasteiger partial charge in [-0.2, -0.15) is 0 Å². The van der Waals surface area contributed by atoms with E-state index < -0.39 is 12.2 Å². The second-order valence-electron chi connectivity index (χ2n) is 6.29. The van der Waals surface area contributed by atoms with Gasteiger partial charge in [0.15, 0.2) is 0 Å². The third-order valence-corrected chi connectivity index (χ3v) is 4.75. The highest BCUT2D eigenvalue weighted by molar-refractivity contribution is 5.88. The Balaban J connectivity index is 1.95. The van der Waals surface area contributed by atoms with E-state index in [2.05, 4.69) is 9.97 Å². The molecule has 0 aliphatic carbocycles. The van der Waals surface area contributed by atoms with Crippen molar-refractivity contribution in [2.24, 2.45) is 0 Å². The van der Waals surface area contributed by atoms with Crippen LogP contribution in [0.1, 0.15) is 24.0 Å². The summed E-state index contributed by atoms with van der Waals surface area (Å²) >= 11 is 0. The minimum Gasteiger partial charge on any atom is -0.391 e. The molecule has 4 rings (SSSR count). The molecule has 0 radical (unpaired) electrons. The van der Waals surface area contributed by atoms with Gasteiger partial charge in [0.2, 0.25) is 0 Å². The van der Waals surface area contributed by atoms with Crippen LogP contribution in [0, 0.1) is 0 Å². The van der Waals surface area contributed by atoms with Crippen LogP contribution in [-0.4, -0.2) is 32.4 Å². The van der Waals surface area contributed by atoms with Gasteiger partial charge in [0.1, 0.15) is 0 Å². The second-order valence-corrected chi connectivity index (χ2v) is 6.29. The molecule has 0 aliphatic rings. The molecule has 2 aromatic carbocycles. The minimum atomic E-state index is -0.900. The molecule has 0 spiro atoms. The maximum atomic E-state index is 10.8. The molecule has 2 aromatic heterocycles. The predicted molar refractivity (Wildman–Crippen MR) is 96.1 cm³/mol. The fourth-order valence-electron chi connectivity index (χ4n) is 3.52. The molecule has 2 atom stereocenters. The quantitative estimate of drug-likeness (QED) is 0.464. The van der Waals surface area contributed by atoms with Gasteiger partial charge in [-0.1, -0.05) is 36.4 Å². The average molecular weight is 320 g/mol. The number of aliphatic hydroxyl groups is 2. The summed E-state index contributed by atoms with van der Waals surface area (Å²) in [7, 11) is 0. The number of aromatic nitrogens is 2. The summed E-state index contributed by atoms with van der Waals surface area (Å²) in [5.74, 6) is -0.322. The van der Waals surface area contributed by atoms with Crippen LogP contribution in [0.3, 0.4) is 0 Å². The van der Waals surface area contributed by atoms with Crippen molar-refractivity contribution in [3.63, 3.8) is 0 Å². The smallest absolute Gasteiger partial charge is 0.0906 e. The highest BCUT2D eigenvalue weighted by atomic mass is 16.3. The molecule has 2 heterocycles. The molecule has 2 unspecified atom stereocenters. The molecule has 0 aliphatic heterocycles. The van der Waals surface area contributed by atoms with Crippen LogP contribution in [-0.2, 0) is 0 Å². The number of H-pyrrole nitrogens is 2. The van der Waals surface area contributed by atoms with E-state index >= 15 is 0 Å². The van der Waals surface area contributed by atoms with E-state index in [-0.39, 0.29) is 5.92 Å². The first-order chi connectivity index (χ1) is 11.7. The van der Waals surface area contributed by atoms with Crippen molar-refractivity contribution < 1.29 is 10.2 Å². The van der Waals surface area contributed by atoms with Crippen LogP contribution in [0.15, 0.2) is 60.9 Å². The SMILES string of the molecule is CC(O)C(O)C(c1c[nH]c2ccccc12)c1c[nH]c2ccccc12. The summed E-state index contributed by atoms with van der Waals surface area (Å²) in [5.41, 5.74) is 4.03. The largest absolute Gasteiger partial charge is 0.391 e. The van der Waals surface area contributed by atoms with Crippen LogP contribution in [0.25, 0.3) is 21.8 Å². The monoisotopic (exact) mass is 320 g/mol. The Kier molecular flexibility index (Phi) is 3.63. The zero-order chi connectivity index (χ0) is 16.7. The fraction of sp³-hybridized carbons (Fsp3) is 0.200. The molecule has 0 fully saturated rings. The Morgan fingerprint density at radius 1 is 0.750 bits per heavy atom. The molecule has 122 valence electrons. The van der Waals surface area contributed by atoms with Crippen molar-refractivity contribution >= 4 is 21.8 Å². The van der Waals surface area contributed by atoms with Crippen molar-refractivity contribution in [1.82, 2.24) is 9.97 Å². The first-order valence-electron chi connectivity index (χ1n) is 8.15. The van der Waals surface area contributed by atoms with E-state index in [0.29, 0.717) is 0 Å². The molecule has 4 N–H and O–H groups in total. The van der Waals surface area contributed by atoms with Gasteiger partial charge in [-0.3, -0.25) is 0 Å². The van der Waals surface area contributed by atoms with Gasteiger partial charge in [-0.05, 0) is 30.2 Å². The molecular formula is C20H20N2O2. The maximum absolute atomic E-state index is 10.8. The molecule has 0 amide bonds. The Hall–Kier alpha value is -2.56. The van der Waals surface area contributed by atoms with Gasteiger partial charge in [0.05, 0.1) is 12.2 Å². The van der Waals surface area contributed by atoms with E-state index in [1.54, 1.807) is 6.92 Å². The number of rotatable bonds is 4. The van der Waals surface area contributed by atoms with E-state index in [1.807, 2.05) is 60.9 Å². The molecule has 4 heteroatoms. The molecule has 4 aromatic rings. The first kappa shape index (κ1) is 15.0. The van der Waals surface area contributed by atoms with Gasteiger partial charge in [-0.15, -0.1) is 0 Å². The number of nitrogens with one attached hydrogen (secondary N) is 2. The fourth-order valence-corrected chi connectivity index (χ4v) is 3.52. The third-order valence-electron chi connectivity index (χ3n) is 4.75. The zero-order valence-electron chi connectivity index (χ0n) is 13.4. The lowest BCUT2D eigenvalue weighted by Gasteiger charge is -2.25. The van der Waals surface area contributed by atoms with E-state index in [4.69, 9.17) is 0 Å². The third kappa shape index (κ3) is 2.31. The van der Waals surface area contributed by atoms with Crippen molar-refractivity contribution in [1.29, 1.82) is 0 Å². The van der Waals surface area contributed by atoms with Crippen LogP contribution in [0.4, 0.5) is 0 Å². The summed E-state index contributed by atoms with van der Waals surface area (Å²) in [4.78, 5) is 6.54. The van der Waals surface area contributed by atoms with Crippen LogP contribution in [0.2, 0.25) is 0 Å². The number of fused-ring (bicyclic) bond motifs is 2. The van der Waals surface area contributed by atoms with Crippen molar-refractivity contribution in [3.05, 3.63) is 72.1 Å². The number of para-hydroxylation sites is 2. The Morgan fingerprint density at radius 2 is 1.21 bits per heavy atom. The summed E-state index contributed by atoms with van der Waals surface area (Å²) in [6, 6.07) is 16.0. The van der Waals surface area contributed by atoms with Crippen LogP contribution < -0.4 is 0 Å². The van der Waals surface area contributed by atoms with Crippen LogP contribution >= 0.6 is 0 Å². The Bertz CT molecular complexity index is 909. The van der Waals surface area contributed by atoms with E-state index in [9.17, 15) is 10.2 Å². The average Bonchev–Trinajstić information content (AvgIpc) is 3.20. The Morgan fingerprint density at radius 3 is 1.67 bits per heavy atom. The number of benzene rings is 2. The molecular weight excluding hydrogens is 300 g/mol. The lowest BCUT2D eigenvalue weighted by atomic mass is 9.84. The summed E-state index contributed by atoms with van der Waals surface area (Å²) in [5, 5.41) is 23.0. The van der Waals surface area contributed by atoms with Crippen LogP contribution in [0.5, 0.6) is 0 Å². The lowest BCUT2D eigenvalue weighted by molar-refractivity contribution is 0.0217. The lowest BCUT2D eigenvalue weighted by Crippen LogP contribution is -2.30. The Labute approximate surface area is 139 Å². The molecule has 0 saturated heterocycles. The summed E-state index contributed by atoms with van der Waals surface area (Å²) < 4.78 is 0. The van der Waals surface area contributed by atoms with Gasteiger partial charge >= 0.3 is 0 Å². The number of aromatic amines is 2. The standard InChI is InChI=1S/C20H20N2O2/c1-12(23)20(24)19(15-10-21-17-8-4-2-6-13(15)17)16-11-22-18-9-5-3-7-14(16)18/h2-12,19-24H,1H3. The van der Waals surface area contributed by atoms with Gasteiger partial charge < -0.3 is 20.2 Å². The van der Waals surface area contributed by atoms with Crippen molar-refractivity contribution in [2.45, 2.75) is 25.0 Å². The first-order valence-corrected chi connectivity index (χ1v) is 8.15. The number of aliphatic hydroxyl groups excluding tert-OH is 2. The number of hydrogen-bond acceptors (Lipinski definition) is 2. The summed E-state index contributed by atoms with van der Waals surface area (Å²) in [6.07, 6.45) is 2.13. The molecule has 0 bridgehead atoms. The normalized spacial score (nSPS) is 14.5. The summed E-state index contributed by atoms with van der Waals surface area (Å²) in [6.45, 7) is 1.63. The number of hydrogen-bond donors (Lipinski definition) is 4. The highest BCUT2D eigenvalue weighted by Crippen LogP contribution is 2.37. The van der Waals surface area contributed by atoms with Gasteiger partial charge in [0.25, 0.3) is 0 Å². The predicted octanol–water partition coefficient (Wildman–Crippen LogP) is 3.52. The minimum absolute atomic E-state index is 0.322. The van der Waals surface area contributed by atoms with Crippen molar-refractivity contribution in [2.75, 3.05) is 0 Å². The topological polar surface area (TPSA) is 72.0 Å². The highest BCUT2D eigenvalue weighted by Gasteiger charge is 2.30. The van der Waals surface area contributed by atoms with E-state index in [0.717, 1.165) is 32.9 Å². The van der Waals surface area contributed by atoms with Gasteiger partial charge in [0, 0.05) is 40.1 Å². The zero-order valence-corrected chi connectivity index (χ0v) is 13.4. The maximum Gasteiger partial charge on any atom is 0.0906 e. The second kappa shape index (κ2) is 5.82. The molecule has 4 nitrogen and oxygen atoms in total. The molecule has 0 saturated carbocycles. The molecule has 24 heavy (non-hydrogen) atoms. The van der Waals surface area contributed by atoms with Gasteiger partial charge in [-0.25, -0.2) is 0 Å². The van der Waals surface area contributed by atoms with Crippen molar-refractivity contribution in [3.8, 4) is 0 Å². The van der Waals surface area contributed by atoms with E-state index in [1.165, 1.54) is 0 Å².